The molecule has 0 aliphatic carbocycles. The van der Waals surface area contributed by atoms with Gasteiger partial charge in [0, 0.05) is 32.1 Å². The lowest BCUT2D eigenvalue weighted by Crippen LogP contribution is -2.33. The summed E-state index contributed by atoms with van der Waals surface area (Å²) in [6, 6.07) is 3.09. The molecule has 1 heterocycles. The molecule has 0 fully saturated rings. The first-order valence-electron chi connectivity index (χ1n) is 4.92. The van der Waals surface area contributed by atoms with E-state index in [1.807, 2.05) is 6.07 Å². The molecule has 1 rings (SSSR count). The maximum Gasteiger partial charge on any atom is 0.248 e. The van der Waals surface area contributed by atoms with Crippen molar-refractivity contribution < 1.29 is 8.42 Å². The zero-order valence-electron chi connectivity index (χ0n) is 9.54. The molecular formula is C10H13N3O3S. The number of nitriles is 1. The summed E-state index contributed by atoms with van der Waals surface area (Å²) in [5, 5.41) is 8.64. The van der Waals surface area contributed by atoms with Gasteiger partial charge in [0.05, 0.1) is 12.0 Å². The van der Waals surface area contributed by atoms with E-state index in [-0.39, 0.29) is 11.4 Å². The normalized spacial score (nSPS) is 13.3. The van der Waals surface area contributed by atoms with Crippen molar-refractivity contribution in [1.82, 2.24) is 9.29 Å². The molecule has 7 heteroatoms. The molecule has 92 valence electrons. The number of H-pyrrole nitrogens is 1. The Labute approximate surface area is 99.6 Å². The molecular weight excluding hydrogens is 242 g/mol. The van der Waals surface area contributed by atoms with Gasteiger partial charge in [-0.25, -0.2) is 8.42 Å². The monoisotopic (exact) mass is 255 g/mol. The van der Waals surface area contributed by atoms with Gasteiger partial charge in [-0.2, -0.15) is 9.57 Å². The summed E-state index contributed by atoms with van der Waals surface area (Å²) in [7, 11) is -2.49. The molecule has 1 aromatic heterocycles. The predicted octanol–water partition coefficient (Wildman–Crippen LogP) is 0.155. The first-order chi connectivity index (χ1) is 7.89. The summed E-state index contributed by atoms with van der Waals surface area (Å²) < 4.78 is 25.0. The van der Waals surface area contributed by atoms with Crippen LogP contribution in [0.3, 0.4) is 0 Å². The molecule has 0 bridgehead atoms. The van der Waals surface area contributed by atoms with Crippen LogP contribution in [0.5, 0.6) is 0 Å². The van der Waals surface area contributed by atoms with Crippen LogP contribution in [-0.4, -0.2) is 31.3 Å². The van der Waals surface area contributed by atoms with E-state index in [0.717, 1.165) is 16.6 Å². The van der Waals surface area contributed by atoms with Gasteiger partial charge in [-0.1, -0.05) is 0 Å². The third-order valence-corrected chi connectivity index (χ3v) is 4.07. The Balaban J connectivity index is 3.09. The van der Waals surface area contributed by atoms with Gasteiger partial charge >= 0.3 is 0 Å². The highest BCUT2D eigenvalue weighted by Crippen LogP contribution is 2.10. The zero-order chi connectivity index (χ0) is 13.1. The second kappa shape index (κ2) is 5.12. The number of nitrogens with zero attached hydrogens (tertiary/aromatic N) is 2. The highest BCUT2D eigenvalue weighted by Gasteiger charge is 2.24. The minimum Gasteiger partial charge on any atom is -0.366 e. The second-order valence-electron chi connectivity index (χ2n) is 3.69. The molecule has 0 amide bonds. The van der Waals surface area contributed by atoms with Crippen LogP contribution in [0.15, 0.2) is 28.2 Å². The molecule has 1 aromatic rings. The fourth-order valence-corrected chi connectivity index (χ4v) is 2.59. The van der Waals surface area contributed by atoms with E-state index in [9.17, 15) is 13.2 Å². The van der Waals surface area contributed by atoms with Gasteiger partial charge in [-0.3, -0.25) is 4.79 Å². The molecule has 17 heavy (non-hydrogen) atoms. The van der Waals surface area contributed by atoms with E-state index >= 15 is 0 Å². The molecule has 0 aliphatic heterocycles. The fraction of sp³-hybridized carbons (Fsp3) is 0.400. The van der Waals surface area contributed by atoms with Crippen LogP contribution >= 0.6 is 0 Å². The quantitative estimate of drug-likeness (QED) is 0.828. The molecule has 0 aromatic carbocycles. The maximum absolute atomic E-state index is 12.0. The minimum absolute atomic E-state index is 0.0488. The molecule has 0 radical (unpaired) electrons. The summed E-state index contributed by atoms with van der Waals surface area (Å²) in [6.07, 6.45) is 2.50. The lowest BCUT2D eigenvalue weighted by atomic mass is 10.2. The van der Waals surface area contributed by atoms with Crippen LogP contribution in [0, 0.1) is 17.2 Å². The van der Waals surface area contributed by atoms with Crippen LogP contribution in [0.2, 0.25) is 0 Å². The molecule has 0 spiro atoms. The van der Waals surface area contributed by atoms with Crippen LogP contribution in [-0.2, 0) is 10.0 Å². The number of nitrogens with one attached hydrogen (secondary N) is 1. The van der Waals surface area contributed by atoms with E-state index in [2.05, 4.69) is 4.98 Å². The Morgan fingerprint density at radius 3 is 2.76 bits per heavy atom. The van der Waals surface area contributed by atoms with Crippen molar-refractivity contribution in [1.29, 1.82) is 5.26 Å². The van der Waals surface area contributed by atoms with Crippen LogP contribution in [0.1, 0.15) is 6.92 Å². The van der Waals surface area contributed by atoms with Crippen LogP contribution < -0.4 is 5.43 Å². The zero-order valence-corrected chi connectivity index (χ0v) is 10.4. The van der Waals surface area contributed by atoms with Crippen molar-refractivity contribution in [2.75, 3.05) is 13.6 Å². The summed E-state index contributed by atoms with van der Waals surface area (Å²) in [6.45, 7) is 1.66. The third kappa shape index (κ3) is 2.93. The molecule has 1 unspecified atom stereocenters. The number of rotatable bonds is 4. The Morgan fingerprint density at radius 2 is 2.24 bits per heavy atom. The lowest BCUT2D eigenvalue weighted by molar-refractivity contribution is 0.438. The standard InChI is InChI=1S/C10H13N3O3S/c1-8(5-11)7-13(2)17(15,16)10-6-12-4-3-9(10)14/h3-4,6,8H,7H2,1-2H3,(H,12,14). The van der Waals surface area contributed by atoms with Gasteiger partial charge < -0.3 is 4.98 Å². The number of hydrogen-bond donors (Lipinski definition) is 1. The highest BCUT2D eigenvalue weighted by atomic mass is 32.2. The van der Waals surface area contributed by atoms with Crippen LogP contribution in [0.25, 0.3) is 0 Å². The van der Waals surface area contributed by atoms with Gasteiger partial charge in [0.25, 0.3) is 0 Å². The van der Waals surface area contributed by atoms with Crippen molar-refractivity contribution in [3.63, 3.8) is 0 Å². The van der Waals surface area contributed by atoms with Gasteiger partial charge in [-0.15, -0.1) is 0 Å². The van der Waals surface area contributed by atoms with E-state index < -0.39 is 21.4 Å². The molecule has 0 aliphatic rings. The smallest absolute Gasteiger partial charge is 0.248 e. The first kappa shape index (κ1) is 13.4. The van der Waals surface area contributed by atoms with Crippen molar-refractivity contribution in [2.45, 2.75) is 11.8 Å². The highest BCUT2D eigenvalue weighted by molar-refractivity contribution is 7.89. The van der Waals surface area contributed by atoms with E-state index in [1.165, 1.54) is 13.2 Å². The number of aromatic nitrogens is 1. The second-order valence-corrected chi connectivity index (χ2v) is 5.70. The van der Waals surface area contributed by atoms with Gasteiger partial charge in [0.2, 0.25) is 15.5 Å². The Morgan fingerprint density at radius 1 is 1.59 bits per heavy atom. The fourth-order valence-electron chi connectivity index (χ4n) is 1.29. The van der Waals surface area contributed by atoms with Gasteiger partial charge in [-0.05, 0) is 6.92 Å². The van der Waals surface area contributed by atoms with Crippen molar-refractivity contribution in [2.24, 2.45) is 5.92 Å². The van der Waals surface area contributed by atoms with E-state index in [4.69, 9.17) is 5.26 Å². The molecule has 1 atom stereocenters. The summed E-state index contributed by atoms with van der Waals surface area (Å²) in [5.74, 6) is -0.433. The Bertz CT molecular complexity index is 585. The molecule has 1 N–H and O–H groups in total. The van der Waals surface area contributed by atoms with Gasteiger partial charge in [0.1, 0.15) is 4.90 Å². The largest absolute Gasteiger partial charge is 0.366 e. The molecule has 0 saturated carbocycles. The van der Waals surface area contributed by atoms with E-state index in [0.29, 0.717) is 0 Å². The predicted molar refractivity (Wildman–Crippen MR) is 61.7 cm³/mol. The Kier molecular flexibility index (Phi) is 4.04. The summed E-state index contributed by atoms with van der Waals surface area (Å²) in [5.41, 5.74) is -0.569. The molecule has 0 saturated heterocycles. The molecule has 6 nitrogen and oxygen atoms in total. The Hall–Kier alpha value is -1.65. The van der Waals surface area contributed by atoms with Gasteiger partial charge in [0.15, 0.2) is 0 Å². The van der Waals surface area contributed by atoms with Crippen molar-refractivity contribution >= 4 is 10.0 Å². The van der Waals surface area contributed by atoms with Crippen molar-refractivity contribution in [3.8, 4) is 6.07 Å². The maximum atomic E-state index is 12.0. The number of hydrogen-bond acceptors (Lipinski definition) is 4. The average molecular weight is 255 g/mol. The number of pyridine rings is 1. The SMILES string of the molecule is CC(C#N)CN(C)S(=O)(=O)c1c[nH]ccc1=O. The van der Waals surface area contributed by atoms with E-state index in [1.54, 1.807) is 6.92 Å². The lowest BCUT2D eigenvalue weighted by Gasteiger charge is -2.17. The summed E-state index contributed by atoms with van der Waals surface area (Å²) >= 11 is 0. The van der Waals surface area contributed by atoms with Crippen LogP contribution in [0.4, 0.5) is 0 Å². The average Bonchev–Trinajstić information content (AvgIpc) is 2.29. The minimum atomic E-state index is -3.84. The topological polar surface area (TPSA) is 94.0 Å². The number of aromatic amines is 1. The summed E-state index contributed by atoms with van der Waals surface area (Å²) in [4.78, 5) is 13.7. The first-order valence-corrected chi connectivity index (χ1v) is 6.36. The number of sulfonamides is 1. The third-order valence-electron chi connectivity index (χ3n) is 2.23. The van der Waals surface area contributed by atoms with Crippen molar-refractivity contribution in [3.05, 3.63) is 28.7 Å².